The predicted octanol–water partition coefficient (Wildman–Crippen LogP) is 4.08. The molecule has 0 radical (unpaired) electrons. The van der Waals surface area contributed by atoms with E-state index in [1.807, 2.05) is 18.2 Å². The van der Waals surface area contributed by atoms with Crippen LogP contribution in [0, 0.1) is 6.92 Å². The minimum atomic E-state index is 0.122. The van der Waals surface area contributed by atoms with Gasteiger partial charge in [-0.3, -0.25) is 9.79 Å². The van der Waals surface area contributed by atoms with Gasteiger partial charge in [-0.05, 0) is 43.4 Å². The number of fused-ring (bicyclic) bond motifs is 3. The summed E-state index contributed by atoms with van der Waals surface area (Å²) in [5.41, 5.74) is 6.01. The summed E-state index contributed by atoms with van der Waals surface area (Å²) in [6.45, 7) is 2.06. The van der Waals surface area contributed by atoms with E-state index in [4.69, 9.17) is 4.99 Å². The molecule has 122 valence electrons. The Labute approximate surface area is 142 Å². The van der Waals surface area contributed by atoms with Crippen molar-refractivity contribution in [2.45, 2.75) is 44.6 Å². The van der Waals surface area contributed by atoms with Crippen LogP contribution in [0.4, 0.5) is 5.69 Å². The van der Waals surface area contributed by atoms with Crippen LogP contribution in [0.15, 0.2) is 53.5 Å². The van der Waals surface area contributed by atoms with Crippen LogP contribution in [0.3, 0.4) is 0 Å². The van der Waals surface area contributed by atoms with E-state index in [1.54, 1.807) is 0 Å². The molecule has 3 nitrogen and oxygen atoms in total. The molecule has 1 fully saturated rings. The minimum absolute atomic E-state index is 0.122. The molecule has 1 amide bonds. The number of carbonyl (C=O) groups excluding carboxylic acids is 1. The van der Waals surface area contributed by atoms with Crippen LogP contribution in [0.5, 0.6) is 0 Å². The largest absolute Gasteiger partial charge is 0.353 e. The second kappa shape index (κ2) is 6.23. The molecule has 2 aromatic carbocycles. The predicted molar refractivity (Wildman–Crippen MR) is 96.9 cm³/mol. The molecule has 1 aliphatic heterocycles. The summed E-state index contributed by atoms with van der Waals surface area (Å²) in [4.78, 5) is 17.2. The fourth-order valence-corrected chi connectivity index (χ4v) is 3.93. The van der Waals surface area contributed by atoms with Gasteiger partial charge in [0.25, 0.3) is 0 Å². The number of hydrogen-bond acceptors (Lipinski definition) is 2. The molecule has 0 spiro atoms. The van der Waals surface area contributed by atoms with Crippen molar-refractivity contribution in [3.63, 3.8) is 0 Å². The van der Waals surface area contributed by atoms with Gasteiger partial charge < -0.3 is 5.32 Å². The average Bonchev–Trinajstić information content (AvgIpc) is 2.93. The number of para-hydroxylation sites is 1. The summed E-state index contributed by atoms with van der Waals surface area (Å²) in [5.74, 6) is 0.511. The molecule has 1 N–H and O–H groups in total. The Morgan fingerprint density at radius 2 is 2.08 bits per heavy atom. The SMILES string of the molecule is Cc1cccc(CC(=O)NC2CCC3=Nc4ccccc4C3C2)c1. The zero-order chi connectivity index (χ0) is 16.5. The number of hydrogen-bond donors (Lipinski definition) is 1. The van der Waals surface area contributed by atoms with E-state index >= 15 is 0 Å². The number of carbonyl (C=O) groups is 1. The second-order valence-corrected chi connectivity index (χ2v) is 6.92. The highest BCUT2D eigenvalue weighted by atomic mass is 16.1. The number of amides is 1. The number of nitrogens with zero attached hydrogens (tertiary/aromatic N) is 1. The molecule has 0 saturated heterocycles. The van der Waals surface area contributed by atoms with Gasteiger partial charge in [-0.15, -0.1) is 0 Å². The van der Waals surface area contributed by atoms with Crippen molar-refractivity contribution in [1.82, 2.24) is 5.32 Å². The van der Waals surface area contributed by atoms with Crippen LogP contribution in [-0.4, -0.2) is 17.7 Å². The van der Waals surface area contributed by atoms with Gasteiger partial charge >= 0.3 is 0 Å². The quantitative estimate of drug-likeness (QED) is 0.910. The summed E-state index contributed by atoms with van der Waals surface area (Å²) in [6.07, 6.45) is 3.40. The maximum atomic E-state index is 12.4. The van der Waals surface area contributed by atoms with Crippen LogP contribution < -0.4 is 5.32 Å². The van der Waals surface area contributed by atoms with Crippen molar-refractivity contribution in [3.8, 4) is 0 Å². The zero-order valence-electron chi connectivity index (χ0n) is 14.0. The summed E-state index contributed by atoms with van der Waals surface area (Å²) in [6, 6.07) is 16.8. The number of benzene rings is 2. The van der Waals surface area contributed by atoms with E-state index in [9.17, 15) is 4.79 Å². The van der Waals surface area contributed by atoms with Gasteiger partial charge in [0.2, 0.25) is 5.91 Å². The van der Waals surface area contributed by atoms with E-state index < -0.39 is 0 Å². The lowest BCUT2D eigenvalue weighted by Crippen LogP contribution is -2.40. The molecular weight excluding hydrogens is 296 g/mol. The van der Waals surface area contributed by atoms with Crippen LogP contribution in [0.2, 0.25) is 0 Å². The molecule has 0 aromatic heterocycles. The molecule has 0 bridgehead atoms. The maximum Gasteiger partial charge on any atom is 0.224 e. The monoisotopic (exact) mass is 318 g/mol. The first kappa shape index (κ1) is 15.1. The van der Waals surface area contributed by atoms with Crippen LogP contribution in [0.1, 0.15) is 41.9 Å². The van der Waals surface area contributed by atoms with Gasteiger partial charge in [-0.1, -0.05) is 48.0 Å². The minimum Gasteiger partial charge on any atom is -0.353 e. The van der Waals surface area contributed by atoms with Gasteiger partial charge in [0.15, 0.2) is 0 Å². The smallest absolute Gasteiger partial charge is 0.224 e. The molecule has 2 unspecified atom stereocenters. The third kappa shape index (κ3) is 2.99. The van der Waals surface area contributed by atoms with E-state index in [-0.39, 0.29) is 11.9 Å². The molecule has 2 aliphatic rings. The molecule has 24 heavy (non-hydrogen) atoms. The normalized spacial score (nSPS) is 21.6. The van der Waals surface area contributed by atoms with Gasteiger partial charge in [-0.25, -0.2) is 0 Å². The van der Waals surface area contributed by atoms with Crippen molar-refractivity contribution in [2.24, 2.45) is 4.99 Å². The highest BCUT2D eigenvalue weighted by molar-refractivity contribution is 5.98. The Morgan fingerprint density at radius 1 is 1.21 bits per heavy atom. The lowest BCUT2D eigenvalue weighted by molar-refractivity contribution is -0.121. The van der Waals surface area contributed by atoms with Crippen molar-refractivity contribution < 1.29 is 4.79 Å². The van der Waals surface area contributed by atoms with E-state index in [1.165, 1.54) is 16.8 Å². The number of aliphatic imine (C=N–C) groups is 1. The van der Waals surface area contributed by atoms with E-state index in [0.717, 1.165) is 30.5 Å². The molecular formula is C21H22N2O. The van der Waals surface area contributed by atoms with Crippen molar-refractivity contribution in [3.05, 3.63) is 65.2 Å². The van der Waals surface area contributed by atoms with Crippen molar-refractivity contribution in [1.29, 1.82) is 0 Å². The molecule has 1 saturated carbocycles. The standard InChI is InChI=1S/C21H22N2O/c1-14-5-4-6-15(11-14)12-21(24)22-16-9-10-20-18(13-16)17-7-2-3-8-19(17)23-20/h2-8,11,16,18H,9-10,12-13H2,1H3,(H,22,24). The Balaban J connectivity index is 1.40. The van der Waals surface area contributed by atoms with Crippen LogP contribution in [0.25, 0.3) is 0 Å². The highest BCUT2D eigenvalue weighted by Crippen LogP contribution is 2.42. The maximum absolute atomic E-state index is 12.4. The molecule has 1 aliphatic carbocycles. The van der Waals surface area contributed by atoms with Gasteiger partial charge in [-0.2, -0.15) is 0 Å². The Kier molecular flexibility index (Phi) is 3.93. The van der Waals surface area contributed by atoms with Crippen molar-refractivity contribution >= 4 is 17.3 Å². The fourth-order valence-electron chi connectivity index (χ4n) is 3.93. The molecule has 3 heteroatoms. The molecule has 1 heterocycles. The lowest BCUT2D eigenvalue weighted by Gasteiger charge is -2.29. The number of aryl methyl sites for hydroxylation is 1. The lowest BCUT2D eigenvalue weighted by atomic mass is 9.81. The second-order valence-electron chi connectivity index (χ2n) is 6.92. The van der Waals surface area contributed by atoms with E-state index in [2.05, 4.69) is 42.6 Å². The first-order valence-corrected chi connectivity index (χ1v) is 8.70. The van der Waals surface area contributed by atoms with Gasteiger partial charge in [0.05, 0.1) is 12.1 Å². The first-order chi connectivity index (χ1) is 11.7. The topological polar surface area (TPSA) is 41.5 Å². The Morgan fingerprint density at radius 3 is 2.96 bits per heavy atom. The first-order valence-electron chi connectivity index (χ1n) is 8.70. The average molecular weight is 318 g/mol. The summed E-state index contributed by atoms with van der Waals surface area (Å²) in [7, 11) is 0. The molecule has 2 atom stereocenters. The van der Waals surface area contributed by atoms with Crippen LogP contribution >= 0.6 is 0 Å². The van der Waals surface area contributed by atoms with Gasteiger partial charge in [0, 0.05) is 17.7 Å². The third-order valence-corrected chi connectivity index (χ3v) is 5.06. The summed E-state index contributed by atoms with van der Waals surface area (Å²) in [5, 5.41) is 3.24. The van der Waals surface area contributed by atoms with Gasteiger partial charge in [0.1, 0.15) is 0 Å². The zero-order valence-corrected chi connectivity index (χ0v) is 14.0. The fraction of sp³-hybridized carbons (Fsp3) is 0.333. The number of nitrogens with one attached hydrogen (secondary N) is 1. The Hall–Kier alpha value is -2.42. The molecule has 4 rings (SSSR count). The number of rotatable bonds is 3. The van der Waals surface area contributed by atoms with Crippen molar-refractivity contribution in [2.75, 3.05) is 0 Å². The summed E-state index contributed by atoms with van der Waals surface area (Å²) < 4.78 is 0. The highest BCUT2D eigenvalue weighted by Gasteiger charge is 2.33. The van der Waals surface area contributed by atoms with Crippen LogP contribution in [-0.2, 0) is 11.2 Å². The summed E-state index contributed by atoms with van der Waals surface area (Å²) >= 11 is 0. The molecule has 2 aromatic rings. The Bertz CT molecular complexity index is 809. The van der Waals surface area contributed by atoms with E-state index in [0.29, 0.717) is 12.3 Å². The third-order valence-electron chi connectivity index (χ3n) is 5.06.